The lowest BCUT2D eigenvalue weighted by Crippen LogP contribution is -2.40. The lowest BCUT2D eigenvalue weighted by molar-refractivity contribution is 0.0679. The van der Waals surface area contributed by atoms with Gasteiger partial charge in [-0.2, -0.15) is 5.10 Å². The van der Waals surface area contributed by atoms with E-state index in [-0.39, 0.29) is 22.9 Å². The highest BCUT2D eigenvalue weighted by atomic mass is 19.1. The number of hydrogen-bond acceptors (Lipinski definition) is 3. The summed E-state index contributed by atoms with van der Waals surface area (Å²) in [6.07, 6.45) is 1.38. The maximum absolute atomic E-state index is 13.4. The molecular formula is C23H21F2N3O2. The maximum Gasteiger partial charge on any atom is 0.266 e. The number of amides is 1. The number of nitrogens with zero attached hydrogens (tertiary/aromatic N) is 3. The molecule has 0 N–H and O–H groups in total. The summed E-state index contributed by atoms with van der Waals surface area (Å²) < 4.78 is 28.3. The predicted octanol–water partition coefficient (Wildman–Crippen LogP) is 3.74. The molecule has 0 radical (unpaired) electrons. The minimum absolute atomic E-state index is 0.0133. The summed E-state index contributed by atoms with van der Waals surface area (Å²) in [5, 5.41) is 4.50. The van der Waals surface area contributed by atoms with E-state index in [1.165, 1.54) is 10.7 Å². The molecule has 1 saturated heterocycles. The van der Waals surface area contributed by atoms with E-state index in [0.29, 0.717) is 32.5 Å². The molecule has 1 aliphatic heterocycles. The van der Waals surface area contributed by atoms with Gasteiger partial charge in [-0.25, -0.2) is 13.5 Å². The molecule has 5 nitrogen and oxygen atoms in total. The Bertz CT molecular complexity index is 1090. The molecule has 4 rings (SSSR count). The highest BCUT2D eigenvalue weighted by Gasteiger charge is 2.25. The van der Waals surface area contributed by atoms with E-state index >= 15 is 0 Å². The van der Waals surface area contributed by atoms with Crippen LogP contribution in [0, 0.1) is 17.6 Å². The van der Waals surface area contributed by atoms with Gasteiger partial charge in [-0.15, -0.1) is 0 Å². The van der Waals surface area contributed by atoms with Crippen molar-refractivity contribution in [2.24, 2.45) is 5.92 Å². The summed E-state index contributed by atoms with van der Waals surface area (Å²) in [6, 6.07) is 15.7. The third-order valence-corrected chi connectivity index (χ3v) is 5.38. The number of likely N-dealkylation sites (tertiary alicyclic amines) is 1. The third-order valence-electron chi connectivity index (χ3n) is 5.38. The van der Waals surface area contributed by atoms with Gasteiger partial charge in [-0.05, 0) is 37.0 Å². The zero-order valence-corrected chi connectivity index (χ0v) is 16.3. The molecule has 2 aromatic carbocycles. The smallest absolute Gasteiger partial charge is 0.266 e. The Labute approximate surface area is 172 Å². The van der Waals surface area contributed by atoms with E-state index in [0.717, 1.165) is 29.5 Å². The Kier molecular flexibility index (Phi) is 5.70. The largest absolute Gasteiger partial charge is 0.339 e. The van der Waals surface area contributed by atoms with Gasteiger partial charge in [0.05, 0.1) is 5.69 Å². The van der Waals surface area contributed by atoms with Gasteiger partial charge < -0.3 is 4.90 Å². The molecule has 1 aromatic heterocycles. The molecule has 0 bridgehead atoms. The standard InChI is InChI=1S/C23H21F2N3O2/c24-19-12-18(13-20(25)14-19)23(30)27-10-8-16(9-11-27)15-28-22(29)7-6-21(26-28)17-4-2-1-3-5-17/h1-7,12-14,16H,8-11,15H2. The van der Waals surface area contributed by atoms with Gasteiger partial charge in [0.25, 0.3) is 11.5 Å². The van der Waals surface area contributed by atoms with Gasteiger partial charge in [-0.3, -0.25) is 9.59 Å². The van der Waals surface area contributed by atoms with Crippen molar-refractivity contribution >= 4 is 5.91 Å². The van der Waals surface area contributed by atoms with Crippen LogP contribution in [0.1, 0.15) is 23.2 Å². The monoisotopic (exact) mass is 409 g/mol. The fourth-order valence-corrected chi connectivity index (χ4v) is 3.77. The first-order valence-electron chi connectivity index (χ1n) is 9.88. The van der Waals surface area contributed by atoms with Gasteiger partial charge in [0.15, 0.2) is 0 Å². The average Bonchev–Trinajstić information content (AvgIpc) is 2.75. The Hall–Kier alpha value is -3.35. The first-order chi connectivity index (χ1) is 14.5. The molecule has 1 fully saturated rings. The van der Waals surface area contributed by atoms with Gasteiger partial charge in [0, 0.05) is 42.9 Å². The van der Waals surface area contributed by atoms with E-state index in [1.54, 1.807) is 11.0 Å². The van der Waals surface area contributed by atoms with Crippen LogP contribution in [0.5, 0.6) is 0 Å². The Balaban J connectivity index is 1.41. The lowest BCUT2D eigenvalue weighted by atomic mass is 9.96. The quantitative estimate of drug-likeness (QED) is 0.660. The fourth-order valence-electron chi connectivity index (χ4n) is 3.77. The van der Waals surface area contributed by atoms with E-state index in [2.05, 4.69) is 5.10 Å². The van der Waals surface area contributed by atoms with E-state index in [9.17, 15) is 18.4 Å². The van der Waals surface area contributed by atoms with Crippen LogP contribution in [0.2, 0.25) is 0 Å². The number of halogens is 2. The van der Waals surface area contributed by atoms with E-state index in [1.807, 2.05) is 30.3 Å². The number of rotatable bonds is 4. The van der Waals surface area contributed by atoms with Crippen molar-refractivity contribution in [2.75, 3.05) is 13.1 Å². The van der Waals surface area contributed by atoms with Gasteiger partial charge >= 0.3 is 0 Å². The molecule has 3 aromatic rings. The van der Waals surface area contributed by atoms with Gasteiger partial charge in [0.1, 0.15) is 11.6 Å². The van der Waals surface area contributed by atoms with Crippen molar-refractivity contribution in [1.29, 1.82) is 0 Å². The molecule has 7 heteroatoms. The van der Waals surface area contributed by atoms with Crippen LogP contribution >= 0.6 is 0 Å². The highest BCUT2D eigenvalue weighted by Crippen LogP contribution is 2.21. The van der Waals surface area contributed by atoms with Crippen molar-refractivity contribution in [3.63, 3.8) is 0 Å². The van der Waals surface area contributed by atoms with Crippen LogP contribution in [0.25, 0.3) is 11.3 Å². The summed E-state index contributed by atoms with van der Waals surface area (Å²) in [5.41, 5.74) is 1.52. The lowest BCUT2D eigenvalue weighted by Gasteiger charge is -2.32. The molecule has 1 amide bonds. The van der Waals surface area contributed by atoms with Crippen molar-refractivity contribution in [3.05, 3.63) is 88.2 Å². The van der Waals surface area contributed by atoms with Gasteiger partial charge in [-0.1, -0.05) is 30.3 Å². The second kappa shape index (κ2) is 8.57. The van der Waals surface area contributed by atoms with Crippen LogP contribution in [-0.2, 0) is 6.54 Å². The number of carbonyl (C=O) groups is 1. The van der Waals surface area contributed by atoms with Crippen molar-refractivity contribution in [3.8, 4) is 11.3 Å². The summed E-state index contributed by atoms with van der Waals surface area (Å²) >= 11 is 0. The predicted molar refractivity (Wildman–Crippen MR) is 109 cm³/mol. The second-order valence-electron chi connectivity index (χ2n) is 7.50. The molecule has 2 heterocycles. The van der Waals surface area contributed by atoms with Crippen LogP contribution in [-0.4, -0.2) is 33.7 Å². The summed E-state index contributed by atoms with van der Waals surface area (Å²) in [5.74, 6) is -1.73. The Morgan fingerprint density at radius 2 is 1.63 bits per heavy atom. The summed E-state index contributed by atoms with van der Waals surface area (Å²) in [6.45, 7) is 1.40. The molecule has 0 unspecified atom stereocenters. The molecule has 0 atom stereocenters. The summed E-state index contributed by atoms with van der Waals surface area (Å²) in [4.78, 5) is 26.4. The average molecular weight is 409 g/mol. The minimum Gasteiger partial charge on any atom is -0.339 e. The molecular weight excluding hydrogens is 388 g/mol. The maximum atomic E-state index is 13.4. The number of piperidine rings is 1. The first kappa shape index (κ1) is 19.9. The van der Waals surface area contributed by atoms with Gasteiger partial charge in [0.2, 0.25) is 0 Å². The topological polar surface area (TPSA) is 55.2 Å². The molecule has 0 spiro atoms. The molecule has 154 valence electrons. The Morgan fingerprint density at radius 3 is 2.30 bits per heavy atom. The van der Waals surface area contributed by atoms with Crippen LogP contribution in [0.3, 0.4) is 0 Å². The normalized spacial score (nSPS) is 14.7. The van der Waals surface area contributed by atoms with Crippen molar-refractivity contribution in [1.82, 2.24) is 14.7 Å². The zero-order chi connectivity index (χ0) is 21.1. The van der Waals surface area contributed by atoms with Crippen LogP contribution < -0.4 is 5.56 Å². The number of carbonyl (C=O) groups excluding carboxylic acids is 1. The molecule has 30 heavy (non-hydrogen) atoms. The molecule has 0 saturated carbocycles. The SMILES string of the molecule is O=C(c1cc(F)cc(F)c1)N1CCC(Cn2nc(-c3ccccc3)ccc2=O)CC1. The van der Waals surface area contributed by atoms with E-state index < -0.39 is 11.6 Å². The fraction of sp³-hybridized carbons (Fsp3) is 0.261. The summed E-state index contributed by atoms with van der Waals surface area (Å²) in [7, 11) is 0. The second-order valence-corrected chi connectivity index (χ2v) is 7.50. The third kappa shape index (κ3) is 4.45. The molecule has 1 aliphatic rings. The van der Waals surface area contributed by atoms with Crippen molar-refractivity contribution < 1.29 is 13.6 Å². The highest BCUT2D eigenvalue weighted by molar-refractivity contribution is 5.94. The van der Waals surface area contributed by atoms with Crippen LogP contribution in [0.4, 0.5) is 8.78 Å². The minimum atomic E-state index is -0.767. The molecule has 0 aliphatic carbocycles. The number of aromatic nitrogens is 2. The number of benzene rings is 2. The van der Waals surface area contributed by atoms with Crippen molar-refractivity contribution in [2.45, 2.75) is 19.4 Å². The van der Waals surface area contributed by atoms with E-state index in [4.69, 9.17) is 0 Å². The van der Waals surface area contributed by atoms with Crippen LogP contribution in [0.15, 0.2) is 65.5 Å². The Morgan fingerprint density at radius 1 is 0.967 bits per heavy atom. The zero-order valence-electron chi connectivity index (χ0n) is 16.3. The first-order valence-corrected chi connectivity index (χ1v) is 9.88. The number of hydrogen-bond donors (Lipinski definition) is 0.